The summed E-state index contributed by atoms with van der Waals surface area (Å²) in [6, 6.07) is 154. The molecule has 7 heterocycles. The molecule has 7 aromatic heterocycles. The van der Waals surface area contributed by atoms with Gasteiger partial charge in [-0.2, -0.15) is 0 Å². The van der Waals surface area contributed by atoms with Crippen molar-refractivity contribution in [3.63, 3.8) is 0 Å². The Kier molecular flexibility index (Phi) is 18.5. The second-order valence-electron chi connectivity index (χ2n) is 31.9. The number of thiophene rings is 5. The molecule has 25 aromatic rings. The minimum Gasteiger partial charge on any atom is -0.228 e. The van der Waals surface area contributed by atoms with E-state index in [1.54, 1.807) is 0 Å². The predicted molar refractivity (Wildman–Crippen MR) is 539 cm³/mol. The Morgan fingerprint density at radius 2 is 0.296 bits per heavy atom. The number of fused-ring (bicyclic) bond motifs is 15. The second-order valence-corrected chi connectivity index (χ2v) is 37.3. The number of nitrogens with zero attached hydrogens (tertiary/aromatic N) is 4. The molecule has 0 fully saturated rings. The largest absolute Gasteiger partial charge is 0.228 e. The van der Waals surface area contributed by atoms with Crippen molar-refractivity contribution in [2.45, 2.75) is 0 Å². The highest BCUT2D eigenvalue weighted by Gasteiger charge is 2.21. The van der Waals surface area contributed by atoms with E-state index in [2.05, 4.69) is 425 Å². The third-order valence-corrected chi connectivity index (χ3v) is 29.9. The maximum Gasteiger partial charge on any atom is 0.160 e. The molecule has 0 saturated carbocycles. The van der Waals surface area contributed by atoms with E-state index >= 15 is 0 Å². The molecule has 0 amide bonds. The van der Waals surface area contributed by atoms with Crippen LogP contribution in [0.25, 0.3) is 247 Å². The van der Waals surface area contributed by atoms with Gasteiger partial charge < -0.3 is 0 Å². The molecule has 0 saturated heterocycles. The van der Waals surface area contributed by atoms with Gasteiger partial charge >= 0.3 is 0 Å². The van der Waals surface area contributed by atoms with Gasteiger partial charge in [0.2, 0.25) is 0 Å². The van der Waals surface area contributed by atoms with E-state index < -0.39 is 0 Å². The lowest BCUT2D eigenvalue weighted by molar-refractivity contribution is 1.18. The van der Waals surface area contributed by atoms with E-state index in [1.807, 2.05) is 56.7 Å². The first-order valence-corrected chi connectivity index (χ1v) is 46.1. The fourth-order valence-electron chi connectivity index (χ4n) is 17.8. The van der Waals surface area contributed by atoms with Gasteiger partial charge in [-0.3, -0.25) is 0 Å². The SMILES string of the molecule is c1ccc(-c2cc(-c3ccc(-c4ccc5sc6ccccc6c5c4)cc3)nc(-c3cc(-c4ccc5sc6ccccc6c5c4)cc(-c4ccc5sc6ccccc6c5c4)c3)n2)cc1.c1ccc(-c2cccc(-c3ccc(-c4cc(-c5ccccc5)nc(-c5cc(-c6ccc7sc8ccccc8c7c6)cc(-c6ccc7sc8ccccc8c7c6)c5)n4)cc3)c2)cc1. The summed E-state index contributed by atoms with van der Waals surface area (Å²) in [4.78, 5) is 21.5. The first-order chi connectivity index (χ1) is 61.8. The van der Waals surface area contributed by atoms with Crippen LogP contribution < -0.4 is 0 Å². The van der Waals surface area contributed by atoms with Crippen molar-refractivity contribution < 1.29 is 0 Å². The number of aromatic nitrogens is 4. The van der Waals surface area contributed by atoms with Crippen molar-refractivity contribution in [1.29, 1.82) is 0 Å². The summed E-state index contributed by atoms with van der Waals surface area (Å²) >= 11 is 9.24. The highest BCUT2D eigenvalue weighted by Crippen LogP contribution is 2.46. The lowest BCUT2D eigenvalue weighted by Gasteiger charge is -2.14. The van der Waals surface area contributed by atoms with Crippen LogP contribution in [0.1, 0.15) is 0 Å². The van der Waals surface area contributed by atoms with Crippen molar-refractivity contribution in [3.05, 3.63) is 425 Å². The van der Waals surface area contributed by atoms with Crippen molar-refractivity contribution >= 4 is 158 Å². The monoisotopic (exact) mass is 1680 g/mol. The molecule has 25 rings (SSSR count). The molecule has 0 aliphatic carbocycles. The van der Waals surface area contributed by atoms with E-state index in [1.165, 1.54) is 140 Å². The summed E-state index contributed by atoms with van der Waals surface area (Å²) in [6.45, 7) is 0. The molecule has 0 N–H and O–H groups in total. The van der Waals surface area contributed by atoms with Gasteiger partial charge in [0.15, 0.2) is 11.6 Å². The van der Waals surface area contributed by atoms with Crippen LogP contribution in [0.2, 0.25) is 0 Å². The molecule has 0 aliphatic rings. The number of rotatable bonds is 13. The fraction of sp³-hybridized carbons (Fsp3) is 0. The maximum absolute atomic E-state index is 5.40. The topological polar surface area (TPSA) is 51.6 Å². The third-order valence-electron chi connectivity index (χ3n) is 24.2. The van der Waals surface area contributed by atoms with Crippen molar-refractivity contribution in [2.24, 2.45) is 0 Å². The predicted octanol–water partition coefficient (Wildman–Crippen LogP) is 34.5. The average molecular weight is 1680 g/mol. The van der Waals surface area contributed by atoms with Crippen LogP contribution in [0.3, 0.4) is 0 Å². The quantitative estimate of drug-likeness (QED) is 0.115. The summed E-state index contributed by atoms with van der Waals surface area (Å²) in [5.41, 5.74) is 26.0. The summed E-state index contributed by atoms with van der Waals surface area (Å²) in [5.74, 6) is 1.38. The van der Waals surface area contributed by atoms with Crippen LogP contribution in [-0.2, 0) is 0 Å². The molecule has 9 heteroatoms. The van der Waals surface area contributed by atoms with E-state index in [4.69, 9.17) is 19.9 Å². The summed E-state index contributed by atoms with van der Waals surface area (Å²) in [6.07, 6.45) is 0. The second kappa shape index (κ2) is 31.3. The Morgan fingerprint density at radius 1 is 0.112 bits per heavy atom. The summed E-state index contributed by atoms with van der Waals surface area (Å²) in [7, 11) is 0. The molecule has 18 aromatic carbocycles. The normalized spacial score (nSPS) is 11.7. The van der Waals surface area contributed by atoms with Crippen LogP contribution >= 0.6 is 56.7 Å². The molecular weight excluding hydrogens is 1610 g/mol. The zero-order chi connectivity index (χ0) is 82.4. The maximum atomic E-state index is 5.40. The minimum atomic E-state index is 0.688. The molecule has 0 bridgehead atoms. The molecule has 584 valence electrons. The number of hydrogen-bond donors (Lipinski definition) is 0. The lowest BCUT2D eigenvalue weighted by Crippen LogP contribution is -1.97. The van der Waals surface area contributed by atoms with Crippen LogP contribution in [0.4, 0.5) is 0 Å². The highest BCUT2D eigenvalue weighted by molar-refractivity contribution is 7.27. The van der Waals surface area contributed by atoms with E-state index in [0.717, 1.165) is 95.1 Å². The Labute approximate surface area is 741 Å². The molecule has 125 heavy (non-hydrogen) atoms. The Balaban J connectivity index is 0.000000140. The Hall–Kier alpha value is -14.8. The molecule has 0 unspecified atom stereocenters. The van der Waals surface area contributed by atoms with Gasteiger partial charge in [0.05, 0.1) is 22.8 Å². The smallest absolute Gasteiger partial charge is 0.160 e. The fourth-order valence-corrected chi connectivity index (χ4v) is 23.3. The lowest BCUT2D eigenvalue weighted by atomic mass is 9.94. The van der Waals surface area contributed by atoms with Crippen LogP contribution in [-0.4, -0.2) is 19.9 Å². The first-order valence-electron chi connectivity index (χ1n) is 42.0. The van der Waals surface area contributed by atoms with Crippen LogP contribution in [0.5, 0.6) is 0 Å². The summed E-state index contributed by atoms with van der Waals surface area (Å²) in [5, 5.41) is 12.9. The molecule has 0 aliphatic heterocycles. The van der Waals surface area contributed by atoms with Crippen molar-refractivity contribution in [2.75, 3.05) is 0 Å². The van der Waals surface area contributed by atoms with E-state index in [9.17, 15) is 0 Å². The van der Waals surface area contributed by atoms with E-state index in [-0.39, 0.29) is 0 Å². The van der Waals surface area contributed by atoms with Crippen molar-refractivity contribution in [3.8, 4) is 146 Å². The zero-order valence-electron chi connectivity index (χ0n) is 67.2. The van der Waals surface area contributed by atoms with Gasteiger partial charge in [0.25, 0.3) is 0 Å². The highest BCUT2D eigenvalue weighted by atomic mass is 32.1. The van der Waals surface area contributed by atoms with Gasteiger partial charge in [-0.1, -0.05) is 279 Å². The van der Waals surface area contributed by atoms with Gasteiger partial charge in [-0.25, -0.2) is 19.9 Å². The molecular formula is C116H70N4S5. The molecule has 0 atom stereocenters. The van der Waals surface area contributed by atoms with Gasteiger partial charge in [-0.15, -0.1) is 56.7 Å². The van der Waals surface area contributed by atoms with Gasteiger partial charge in [0, 0.05) is 134 Å². The standard InChI is InChI=1S/C58H34N2S3.C58H36N2S2/c1-2-10-36(11-3-1)50-34-51(37-20-18-35(19-21-37)38-22-25-55-47(31-38)44-12-4-7-15-52(44)61-55)60-58(59-50)43-29-41(39-23-26-56-48(32-39)45-13-5-8-16-53(45)62-56)28-42(30-43)40-24-27-57-49(33-40)46-14-6-9-17-54(46)63-57;1-3-12-37(13-4-1)41-16-11-17-42(30-41)38-22-24-40(25-23-38)53-36-52(39-14-5-2-6-15-39)59-58(60-53)47-32-45(43-26-28-56-50(34-43)48-18-7-9-20-54(48)61-56)31-46(33-47)44-27-29-57-51(35-44)49-19-8-10-21-55(49)62-57/h1-34H;1-36H. The number of benzene rings is 18. The Morgan fingerprint density at radius 3 is 0.584 bits per heavy atom. The zero-order valence-corrected chi connectivity index (χ0v) is 71.3. The average Bonchev–Trinajstić information content (AvgIpc) is 1.76. The van der Waals surface area contributed by atoms with Gasteiger partial charge in [-0.05, 0) is 223 Å². The molecule has 0 radical (unpaired) electrons. The minimum absolute atomic E-state index is 0.688. The van der Waals surface area contributed by atoms with Crippen molar-refractivity contribution in [1.82, 2.24) is 19.9 Å². The number of hydrogen-bond acceptors (Lipinski definition) is 9. The van der Waals surface area contributed by atoms with Gasteiger partial charge in [0.1, 0.15) is 0 Å². The first kappa shape index (κ1) is 74.1. The third kappa shape index (κ3) is 14.0. The Bertz CT molecular complexity index is 8270. The molecule has 4 nitrogen and oxygen atoms in total. The van der Waals surface area contributed by atoms with Crippen LogP contribution in [0.15, 0.2) is 425 Å². The van der Waals surface area contributed by atoms with E-state index in [0.29, 0.717) is 11.6 Å². The molecule has 0 spiro atoms. The van der Waals surface area contributed by atoms with Crippen LogP contribution in [0, 0.1) is 0 Å². The summed E-state index contributed by atoms with van der Waals surface area (Å²) < 4.78 is 13.0.